The standard InChI is InChI=1S/C25H28ClN5O4/c26-20-6-5-16(11-27)18(9-20)13-29-24(34)21-4-2-8-31(21)25(35)22-10-19(14-30(22)15-32)23(33)17-3-1-7-28-12-17/h1,3,5-7,9-10,12,14,21,23,32-33H,2,4,8,11,13,15,27H2,(H,29,34)/t21-,23?/m0/s1. The molecule has 5 N–H and O–H groups in total. The Morgan fingerprint density at radius 3 is 2.77 bits per heavy atom. The second-order valence-corrected chi connectivity index (χ2v) is 8.89. The lowest BCUT2D eigenvalue weighted by atomic mass is 10.1. The normalized spacial score (nSPS) is 16.3. The van der Waals surface area contributed by atoms with Gasteiger partial charge in [0, 0.05) is 54.4 Å². The zero-order chi connectivity index (χ0) is 24.9. The smallest absolute Gasteiger partial charge is 0.271 e. The van der Waals surface area contributed by atoms with Crippen LogP contribution in [0.5, 0.6) is 0 Å². The van der Waals surface area contributed by atoms with Gasteiger partial charge >= 0.3 is 0 Å². The second kappa shape index (κ2) is 11.0. The summed E-state index contributed by atoms with van der Waals surface area (Å²) >= 11 is 6.09. The Hall–Kier alpha value is -3.24. The number of nitrogens with zero attached hydrogens (tertiary/aromatic N) is 3. The van der Waals surface area contributed by atoms with Crippen LogP contribution in [0.2, 0.25) is 5.02 Å². The molecule has 2 amide bonds. The van der Waals surface area contributed by atoms with Crippen molar-refractivity contribution in [3.05, 3.63) is 88.0 Å². The van der Waals surface area contributed by atoms with Crippen molar-refractivity contribution in [2.75, 3.05) is 6.54 Å². The fourth-order valence-electron chi connectivity index (χ4n) is 4.40. The summed E-state index contributed by atoms with van der Waals surface area (Å²) in [6.45, 7) is 0.544. The van der Waals surface area contributed by atoms with Crippen LogP contribution in [0.1, 0.15) is 51.7 Å². The predicted molar refractivity (Wildman–Crippen MR) is 130 cm³/mol. The number of aliphatic hydroxyl groups is 2. The number of hydrogen-bond donors (Lipinski definition) is 4. The molecule has 1 aliphatic heterocycles. The molecular formula is C25H28ClN5O4. The maximum Gasteiger partial charge on any atom is 0.271 e. The molecule has 184 valence electrons. The lowest BCUT2D eigenvalue weighted by Crippen LogP contribution is -2.46. The van der Waals surface area contributed by atoms with Crippen LogP contribution in [0.4, 0.5) is 0 Å². The van der Waals surface area contributed by atoms with Crippen LogP contribution in [0.15, 0.2) is 55.0 Å². The second-order valence-electron chi connectivity index (χ2n) is 8.45. The number of pyridine rings is 1. The van der Waals surface area contributed by atoms with E-state index in [1.807, 2.05) is 6.07 Å². The fourth-order valence-corrected chi connectivity index (χ4v) is 4.59. The number of carbonyl (C=O) groups is 2. The molecule has 0 bridgehead atoms. The van der Waals surface area contributed by atoms with Crippen LogP contribution < -0.4 is 11.1 Å². The first kappa shape index (κ1) is 24.9. The molecule has 4 rings (SSSR count). The highest BCUT2D eigenvalue weighted by Crippen LogP contribution is 2.26. The number of halogens is 1. The molecule has 0 aliphatic carbocycles. The van der Waals surface area contributed by atoms with Crippen molar-refractivity contribution in [3.63, 3.8) is 0 Å². The van der Waals surface area contributed by atoms with Gasteiger partial charge in [-0.2, -0.15) is 0 Å². The average Bonchev–Trinajstić information content (AvgIpc) is 3.55. The van der Waals surface area contributed by atoms with Gasteiger partial charge in [-0.25, -0.2) is 0 Å². The molecule has 2 atom stereocenters. The molecule has 0 radical (unpaired) electrons. The van der Waals surface area contributed by atoms with E-state index in [0.717, 1.165) is 11.1 Å². The van der Waals surface area contributed by atoms with E-state index in [2.05, 4.69) is 10.3 Å². The van der Waals surface area contributed by atoms with E-state index in [9.17, 15) is 19.8 Å². The third-order valence-corrected chi connectivity index (χ3v) is 6.50. The quantitative estimate of drug-likeness (QED) is 0.376. The van der Waals surface area contributed by atoms with E-state index in [1.54, 1.807) is 42.7 Å². The van der Waals surface area contributed by atoms with E-state index in [-0.39, 0.29) is 24.1 Å². The maximum atomic E-state index is 13.4. The first-order chi connectivity index (χ1) is 16.9. The minimum atomic E-state index is -1.00. The fraction of sp³-hybridized carbons (Fsp3) is 0.320. The van der Waals surface area contributed by atoms with Crippen LogP contribution >= 0.6 is 11.6 Å². The van der Waals surface area contributed by atoms with Crippen molar-refractivity contribution < 1.29 is 19.8 Å². The number of nitrogens with one attached hydrogen (secondary N) is 1. The number of hydrogen-bond acceptors (Lipinski definition) is 6. The Morgan fingerprint density at radius 2 is 2.06 bits per heavy atom. The van der Waals surface area contributed by atoms with Gasteiger partial charge in [0.15, 0.2) is 0 Å². The van der Waals surface area contributed by atoms with Crippen molar-refractivity contribution in [2.45, 2.75) is 44.8 Å². The highest BCUT2D eigenvalue weighted by Gasteiger charge is 2.36. The third kappa shape index (κ3) is 5.38. The Morgan fingerprint density at radius 1 is 1.23 bits per heavy atom. The number of aromatic nitrogens is 2. The van der Waals surface area contributed by atoms with Crippen LogP contribution in [0, 0.1) is 0 Å². The Kier molecular flexibility index (Phi) is 7.82. The lowest BCUT2D eigenvalue weighted by Gasteiger charge is -2.24. The van der Waals surface area contributed by atoms with Crippen molar-refractivity contribution in [1.29, 1.82) is 0 Å². The minimum Gasteiger partial charge on any atom is -0.384 e. The molecule has 1 fully saturated rings. The van der Waals surface area contributed by atoms with Crippen LogP contribution in [0.3, 0.4) is 0 Å². The van der Waals surface area contributed by atoms with Gasteiger partial charge in [-0.05, 0) is 48.2 Å². The van der Waals surface area contributed by atoms with Crippen molar-refractivity contribution in [3.8, 4) is 0 Å². The molecule has 0 saturated carbocycles. The van der Waals surface area contributed by atoms with E-state index in [1.165, 1.54) is 15.7 Å². The van der Waals surface area contributed by atoms with Gasteiger partial charge in [0.05, 0.1) is 0 Å². The summed E-state index contributed by atoms with van der Waals surface area (Å²) in [4.78, 5) is 32.0. The maximum absolute atomic E-state index is 13.4. The Balaban J connectivity index is 1.50. The summed E-state index contributed by atoms with van der Waals surface area (Å²) in [5.74, 6) is -0.650. The van der Waals surface area contributed by atoms with E-state index < -0.39 is 18.9 Å². The molecule has 35 heavy (non-hydrogen) atoms. The molecule has 1 aliphatic rings. The molecule has 1 saturated heterocycles. The molecule has 10 heteroatoms. The summed E-state index contributed by atoms with van der Waals surface area (Å²) in [6, 6.07) is 9.69. The van der Waals surface area contributed by atoms with Gasteiger partial charge < -0.3 is 30.7 Å². The van der Waals surface area contributed by atoms with E-state index >= 15 is 0 Å². The first-order valence-electron chi connectivity index (χ1n) is 11.4. The topological polar surface area (TPSA) is 134 Å². The number of aliphatic hydroxyl groups excluding tert-OH is 2. The number of amides is 2. The van der Waals surface area contributed by atoms with Crippen molar-refractivity contribution in [2.24, 2.45) is 5.73 Å². The number of rotatable bonds is 8. The number of benzene rings is 1. The summed E-state index contributed by atoms with van der Waals surface area (Å²) in [5.41, 5.74) is 8.72. The van der Waals surface area contributed by atoms with Gasteiger partial charge in [0.1, 0.15) is 24.6 Å². The molecule has 3 aromatic rings. The zero-order valence-corrected chi connectivity index (χ0v) is 19.9. The largest absolute Gasteiger partial charge is 0.384 e. The average molecular weight is 498 g/mol. The summed E-state index contributed by atoms with van der Waals surface area (Å²) < 4.78 is 1.37. The van der Waals surface area contributed by atoms with E-state index in [0.29, 0.717) is 42.1 Å². The van der Waals surface area contributed by atoms with Gasteiger partial charge in [0.25, 0.3) is 5.91 Å². The first-order valence-corrected chi connectivity index (χ1v) is 11.8. The number of carbonyl (C=O) groups excluding carboxylic acids is 2. The molecule has 1 unspecified atom stereocenters. The van der Waals surface area contributed by atoms with Crippen molar-refractivity contribution in [1.82, 2.24) is 19.8 Å². The number of nitrogens with two attached hydrogens (primary N) is 1. The highest BCUT2D eigenvalue weighted by atomic mass is 35.5. The molecule has 2 aromatic heterocycles. The molecule has 0 spiro atoms. The molecule has 9 nitrogen and oxygen atoms in total. The van der Waals surface area contributed by atoms with Crippen molar-refractivity contribution >= 4 is 23.4 Å². The lowest BCUT2D eigenvalue weighted by molar-refractivity contribution is -0.125. The SMILES string of the molecule is NCc1ccc(Cl)cc1CNC(=O)[C@@H]1CCCN1C(=O)c1cc(C(O)c2cccnc2)cn1CO. The zero-order valence-electron chi connectivity index (χ0n) is 19.1. The van der Waals surface area contributed by atoms with Gasteiger partial charge in [0.2, 0.25) is 5.91 Å². The van der Waals surface area contributed by atoms with Gasteiger partial charge in [-0.3, -0.25) is 14.6 Å². The summed E-state index contributed by atoms with van der Waals surface area (Å²) in [5, 5.41) is 24.0. The monoisotopic (exact) mass is 497 g/mol. The minimum absolute atomic E-state index is 0.199. The highest BCUT2D eigenvalue weighted by molar-refractivity contribution is 6.30. The summed E-state index contributed by atoms with van der Waals surface area (Å²) in [7, 11) is 0. The third-order valence-electron chi connectivity index (χ3n) is 6.26. The predicted octanol–water partition coefficient (Wildman–Crippen LogP) is 1.95. The Labute approximate surface area is 208 Å². The Bertz CT molecular complexity index is 1200. The van der Waals surface area contributed by atoms with E-state index in [4.69, 9.17) is 17.3 Å². The van der Waals surface area contributed by atoms with Crippen LogP contribution in [-0.4, -0.2) is 49.1 Å². The summed E-state index contributed by atoms with van der Waals surface area (Å²) in [6.07, 6.45) is 4.88. The molecule has 3 heterocycles. The van der Waals surface area contributed by atoms with Crippen LogP contribution in [-0.2, 0) is 24.6 Å². The van der Waals surface area contributed by atoms with Crippen LogP contribution in [0.25, 0.3) is 0 Å². The van der Waals surface area contributed by atoms with Gasteiger partial charge in [-0.15, -0.1) is 0 Å². The number of likely N-dealkylation sites (tertiary alicyclic amines) is 1. The van der Waals surface area contributed by atoms with Gasteiger partial charge in [-0.1, -0.05) is 23.7 Å². The molecule has 1 aromatic carbocycles. The molecular weight excluding hydrogens is 470 g/mol.